The van der Waals surface area contributed by atoms with E-state index in [1.807, 2.05) is 32.0 Å². The van der Waals surface area contributed by atoms with Crippen LogP contribution in [0.15, 0.2) is 66.7 Å². The van der Waals surface area contributed by atoms with E-state index in [1.165, 1.54) is 16.4 Å². The van der Waals surface area contributed by atoms with Crippen molar-refractivity contribution in [3.8, 4) is 5.75 Å². The number of nitrogens with one attached hydrogen (secondary N) is 1. The zero-order valence-electron chi connectivity index (χ0n) is 18.1. The minimum Gasteiger partial charge on any atom is -0.484 e. The molecule has 0 bridgehead atoms. The van der Waals surface area contributed by atoms with Crippen LogP contribution in [-0.4, -0.2) is 27.2 Å². The Morgan fingerprint density at radius 2 is 1.56 bits per heavy atom. The van der Waals surface area contributed by atoms with Crippen LogP contribution in [0, 0.1) is 19.7 Å². The SMILES string of the molecule is Cc1cccc(C)c1NC(=O)COc1ccc(N(Cc2ccc(F)cc2)S(C)(=O)=O)cc1. The highest BCUT2D eigenvalue weighted by molar-refractivity contribution is 7.92. The van der Waals surface area contributed by atoms with E-state index in [-0.39, 0.29) is 24.9 Å². The topological polar surface area (TPSA) is 75.7 Å². The zero-order valence-corrected chi connectivity index (χ0v) is 18.9. The standard InChI is InChI=1S/C24H25FN2O4S/c1-17-5-4-6-18(2)24(17)26-23(28)16-31-22-13-11-21(12-14-22)27(32(3,29)30)15-19-7-9-20(25)10-8-19/h4-14H,15-16H2,1-3H3,(H,26,28). The molecule has 0 aliphatic heterocycles. The molecule has 3 aromatic rings. The van der Waals surface area contributed by atoms with E-state index in [4.69, 9.17) is 4.74 Å². The molecule has 0 unspecified atom stereocenters. The molecule has 0 atom stereocenters. The molecule has 0 heterocycles. The first kappa shape index (κ1) is 23.3. The summed E-state index contributed by atoms with van der Waals surface area (Å²) in [6.07, 6.45) is 1.11. The lowest BCUT2D eigenvalue weighted by Crippen LogP contribution is -2.29. The summed E-state index contributed by atoms with van der Waals surface area (Å²) in [5.74, 6) is -0.246. The summed E-state index contributed by atoms with van der Waals surface area (Å²) in [6, 6.07) is 17.8. The van der Waals surface area contributed by atoms with Gasteiger partial charge in [0, 0.05) is 5.69 Å². The maximum absolute atomic E-state index is 13.1. The average Bonchev–Trinajstić information content (AvgIpc) is 2.74. The summed E-state index contributed by atoms with van der Waals surface area (Å²) in [6.45, 7) is 3.72. The minimum atomic E-state index is -3.57. The van der Waals surface area contributed by atoms with Crippen LogP contribution in [0.3, 0.4) is 0 Å². The number of rotatable bonds is 8. The average molecular weight is 457 g/mol. The molecule has 6 nitrogen and oxygen atoms in total. The van der Waals surface area contributed by atoms with E-state index in [0.717, 1.165) is 23.1 Å². The second kappa shape index (κ2) is 9.82. The Bertz CT molecular complexity index is 1170. The smallest absolute Gasteiger partial charge is 0.262 e. The van der Waals surface area contributed by atoms with Gasteiger partial charge in [-0.15, -0.1) is 0 Å². The highest BCUT2D eigenvalue weighted by Crippen LogP contribution is 2.24. The molecule has 0 saturated heterocycles. The summed E-state index contributed by atoms with van der Waals surface area (Å²) < 4.78 is 44.5. The van der Waals surface area contributed by atoms with Gasteiger partial charge in [-0.3, -0.25) is 9.10 Å². The summed E-state index contributed by atoms with van der Waals surface area (Å²) in [7, 11) is -3.57. The molecular formula is C24H25FN2O4S. The highest BCUT2D eigenvalue weighted by Gasteiger charge is 2.18. The molecule has 0 fully saturated rings. The lowest BCUT2D eigenvalue weighted by Gasteiger charge is -2.23. The number of para-hydroxylation sites is 1. The van der Waals surface area contributed by atoms with E-state index in [0.29, 0.717) is 17.0 Å². The summed E-state index contributed by atoms with van der Waals surface area (Å²) in [5.41, 5.74) is 3.78. The molecule has 1 N–H and O–H groups in total. The molecule has 0 radical (unpaired) electrons. The Morgan fingerprint density at radius 1 is 0.969 bits per heavy atom. The number of carbonyl (C=O) groups excluding carboxylic acids is 1. The van der Waals surface area contributed by atoms with E-state index < -0.39 is 10.0 Å². The fraction of sp³-hybridized carbons (Fsp3) is 0.208. The first-order chi connectivity index (χ1) is 15.1. The first-order valence-electron chi connectivity index (χ1n) is 9.94. The number of carbonyl (C=O) groups is 1. The van der Waals surface area contributed by atoms with Crippen LogP contribution in [0.2, 0.25) is 0 Å². The van der Waals surface area contributed by atoms with Gasteiger partial charge >= 0.3 is 0 Å². The second-order valence-electron chi connectivity index (χ2n) is 7.49. The number of sulfonamides is 1. The predicted octanol–water partition coefficient (Wildman–Crippen LogP) is 4.43. The van der Waals surface area contributed by atoms with Crippen LogP contribution in [-0.2, 0) is 21.4 Å². The Morgan fingerprint density at radius 3 is 2.12 bits per heavy atom. The van der Waals surface area contributed by atoms with E-state index in [2.05, 4.69) is 5.32 Å². The van der Waals surface area contributed by atoms with Gasteiger partial charge in [-0.25, -0.2) is 12.8 Å². The number of hydrogen-bond acceptors (Lipinski definition) is 4. The van der Waals surface area contributed by atoms with Crippen LogP contribution in [0.4, 0.5) is 15.8 Å². The van der Waals surface area contributed by atoms with Crippen molar-refractivity contribution in [2.75, 3.05) is 22.5 Å². The van der Waals surface area contributed by atoms with E-state index in [9.17, 15) is 17.6 Å². The second-order valence-corrected chi connectivity index (χ2v) is 9.40. The van der Waals surface area contributed by atoms with Gasteiger partial charge in [-0.1, -0.05) is 30.3 Å². The lowest BCUT2D eigenvalue weighted by molar-refractivity contribution is -0.118. The third-order valence-electron chi connectivity index (χ3n) is 4.88. The zero-order chi connectivity index (χ0) is 23.3. The molecule has 0 aromatic heterocycles. The number of halogens is 1. The maximum atomic E-state index is 13.1. The Kier molecular flexibility index (Phi) is 7.15. The molecule has 32 heavy (non-hydrogen) atoms. The number of aryl methyl sites for hydroxylation is 2. The number of anilines is 2. The fourth-order valence-electron chi connectivity index (χ4n) is 3.20. The quantitative estimate of drug-likeness (QED) is 0.544. The number of benzene rings is 3. The molecule has 0 aliphatic rings. The molecule has 0 aliphatic carbocycles. The Balaban J connectivity index is 1.66. The van der Waals surface area contributed by atoms with Crippen molar-refractivity contribution in [1.82, 2.24) is 0 Å². The minimum absolute atomic E-state index is 0.0670. The van der Waals surface area contributed by atoms with Crippen LogP contribution >= 0.6 is 0 Å². The van der Waals surface area contributed by atoms with Crippen molar-refractivity contribution >= 4 is 27.3 Å². The monoisotopic (exact) mass is 456 g/mol. The number of hydrogen-bond donors (Lipinski definition) is 1. The van der Waals surface area contributed by atoms with Crippen molar-refractivity contribution in [3.05, 3.63) is 89.2 Å². The van der Waals surface area contributed by atoms with Crippen LogP contribution in [0.25, 0.3) is 0 Å². The van der Waals surface area contributed by atoms with Gasteiger partial charge in [0.15, 0.2) is 6.61 Å². The van der Waals surface area contributed by atoms with Gasteiger partial charge in [0.05, 0.1) is 18.5 Å². The van der Waals surface area contributed by atoms with E-state index >= 15 is 0 Å². The van der Waals surface area contributed by atoms with Crippen molar-refractivity contribution in [2.24, 2.45) is 0 Å². The molecule has 3 rings (SSSR count). The highest BCUT2D eigenvalue weighted by atomic mass is 32.2. The molecule has 8 heteroatoms. The Hall–Kier alpha value is -3.39. The van der Waals surface area contributed by atoms with Gasteiger partial charge in [-0.2, -0.15) is 0 Å². The third-order valence-corrected chi connectivity index (χ3v) is 6.02. The normalized spacial score (nSPS) is 11.1. The Labute approximate surface area is 187 Å². The van der Waals surface area contributed by atoms with E-state index in [1.54, 1.807) is 36.4 Å². The van der Waals surface area contributed by atoms with Crippen LogP contribution in [0.1, 0.15) is 16.7 Å². The predicted molar refractivity (Wildman–Crippen MR) is 124 cm³/mol. The molecular weight excluding hydrogens is 431 g/mol. The van der Waals surface area contributed by atoms with Gasteiger partial charge in [0.2, 0.25) is 10.0 Å². The van der Waals surface area contributed by atoms with Crippen LogP contribution < -0.4 is 14.4 Å². The lowest BCUT2D eigenvalue weighted by atomic mass is 10.1. The van der Waals surface area contributed by atoms with Crippen molar-refractivity contribution in [3.63, 3.8) is 0 Å². The third kappa shape index (κ3) is 6.07. The molecule has 168 valence electrons. The maximum Gasteiger partial charge on any atom is 0.262 e. The number of nitrogens with zero attached hydrogens (tertiary/aromatic N) is 1. The number of amides is 1. The fourth-order valence-corrected chi connectivity index (χ4v) is 4.09. The van der Waals surface area contributed by atoms with Crippen molar-refractivity contribution in [2.45, 2.75) is 20.4 Å². The van der Waals surface area contributed by atoms with Gasteiger partial charge < -0.3 is 10.1 Å². The summed E-state index contributed by atoms with van der Waals surface area (Å²) >= 11 is 0. The first-order valence-corrected chi connectivity index (χ1v) is 11.8. The number of ether oxygens (including phenoxy) is 1. The van der Waals surface area contributed by atoms with Gasteiger partial charge in [0.25, 0.3) is 5.91 Å². The van der Waals surface area contributed by atoms with Crippen molar-refractivity contribution < 1.29 is 22.3 Å². The van der Waals surface area contributed by atoms with Crippen LogP contribution in [0.5, 0.6) is 5.75 Å². The molecule has 1 amide bonds. The molecule has 0 saturated carbocycles. The van der Waals surface area contributed by atoms with Crippen molar-refractivity contribution in [1.29, 1.82) is 0 Å². The molecule has 0 spiro atoms. The van der Waals surface area contributed by atoms with Gasteiger partial charge in [0.1, 0.15) is 11.6 Å². The summed E-state index contributed by atoms with van der Waals surface area (Å²) in [5, 5.41) is 2.85. The largest absolute Gasteiger partial charge is 0.484 e. The molecule has 3 aromatic carbocycles. The van der Waals surface area contributed by atoms with Gasteiger partial charge in [-0.05, 0) is 66.9 Å². The summed E-state index contributed by atoms with van der Waals surface area (Å²) in [4.78, 5) is 12.3.